The van der Waals surface area contributed by atoms with Crippen LogP contribution in [0.3, 0.4) is 0 Å². The van der Waals surface area contributed by atoms with Crippen molar-refractivity contribution in [3.05, 3.63) is 25.3 Å². The molecule has 0 bridgehead atoms. The van der Waals surface area contributed by atoms with Gasteiger partial charge in [-0.25, -0.2) is 14.2 Å². The molecular formula is C6H11O8P. The fourth-order valence-electron chi connectivity index (χ4n) is 0. The highest BCUT2D eigenvalue weighted by Crippen LogP contribution is 2.25. The van der Waals surface area contributed by atoms with Crippen molar-refractivity contribution in [3.8, 4) is 0 Å². The van der Waals surface area contributed by atoms with Crippen LogP contribution in [-0.2, 0) is 14.2 Å². The Kier molecular flexibility index (Phi) is 13.6. The van der Waals surface area contributed by atoms with Gasteiger partial charge in [0.15, 0.2) is 0 Å². The van der Waals surface area contributed by atoms with Gasteiger partial charge in [-0.2, -0.15) is 0 Å². The maximum absolute atomic E-state index is 9.25. The lowest BCUT2D eigenvalue weighted by molar-refractivity contribution is -0.132. The van der Waals surface area contributed by atoms with Crippen molar-refractivity contribution < 1.29 is 39.0 Å². The van der Waals surface area contributed by atoms with Gasteiger partial charge >= 0.3 is 19.8 Å². The van der Waals surface area contributed by atoms with Gasteiger partial charge in [0.25, 0.3) is 0 Å². The lowest BCUT2D eigenvalue weighted by Crippen LogP contribution is -1.82. The van der Waals surface area contributed by atoms with E-state index < -0.39 is 19.8 Å². The second-order valence-corrected chi connectivity index (χ2v) is 2.62. The zero-order chi connectivity index (χ0) is 13.1. The van der Waals surface area contributed by atoms with Crippen molar-refractivity contribution in [1.82, 2.24) is 0 Å². The van der Waals surface area contributed by atoms with E-state index in [1.54, 1.807) is 0 Å². The average Bonchev–Trinajstić information content (AvgIpc) is 2.02. The molecule has 0 atom stereocenters. The van der Waals surface area contributed by atoms with Crippen molar-refractivity contribution in [3.63, 3.8) is 0 Å². The van der Waals surface area contributed by atoms with Gasteiger partial charge in [-0.05, 0) is 0 Å². The number of rotatable bonds is 2. The van der Waals surface area contributed by atoms with E-state index in [0.717, 1.165) is 12.2 Å². The summed E-state index contributed by atoms with van der Waals surface area (Å²) in [7, 11) is -4.64. The van der Waals surface area contributed by atoms with Crippen LogP contribution in [-0.4, -0.2) is 36.8 Å². The summed E-state index contributed by atoms with van der Waals surface area (Å²) in [5.41, 5.74) is 0. The first-order valence-corrected chi connectivity index (χ1v) is 4.60. The predicted octanol–water partition coefficient (Wildman–Crippen LogP) is -0.415. The second-order valence-electron chi connectivity index (χ2n) is 1.60. The van der Waals surface area contributed by atoms with E-state index in [-0.39, 0.29) is 0 Å². The molecule has 0 saturated carbocycles. The zero-order valence-corrected chi connectivity index (χ0v) is 8.37. The van der Waals surface area contributed by atoms with Crippen LogP contribution >= 0.6 is 7.82 Å². The minimum absolute atomic E-state index is 0.833. The molecule has 8 nitrogen and oxygen atoms in total. The molecule has 0 radical (unpaired) electrons. The molecule has 0 fully saturated rings. The molecule has 0 aromatic heterocycles. The number of carboxylic acids is 2. The van der Waals surface area contributed by atoms with E-state index in [1.807, 2.05) is 0 Å². The van der Waals surface area contributed by atoms with E-state index in [9.17, 15) is 9.59 Å². The maximum Gasteiger partial charge on any atom is 0.466 e. The Balaban J connectivity index is -0.000000144. The van der Waals surface area contributed by atoms with E-state index >= 15 is 0 Å². The van der Waals surface area contributed by atoms with Crippen molar-refractivity contribution in [2.45, 2.75) is 0 Å². The predicted molar refractivity (Wildman–Crippen MR) is 49.9 cm³/mol. The fraction of sp³-hybridized carbons (Fsp3) is 0. The van der Waals surface area contributed by atoms with Crippen LogP contribution in [0.1, 0.15) is 0 Å². The topological polar surface area (TPSA) is 152 Å². The summed E-state index contributed by atoms with van der Waals surface area (Å²) in [6.07, 6.45) is 1.67. The van der Waals surface area contributed by atoms with Gasteiger partial charge in [0, 0.05) is 12.2 Å². The molecular weight excluding hydrogens is 231 g/mol. The number of hydrogen-bond acceptors (Lipinski definition) is 3. The van der Waals surface area contributed by atoms with Gasteiger partial charge in [0.2, 0.25) is 0 Å². The first-order chi connectivity index (χ1) is 6.54. The molecule has 88 valence electrons. The Morgan fingerprint density at radius 3 is 1.00 bits per heavy atom. The highest BCUT2D eigenvalue weighted by atomic mass is 31.2. The van der Waals surface area contributed by atoms with Crippen LogP contribution in [0.25, 0.3) is 0 Å². The first-order valence-electron chi connectivity index (χ1n) is 3.03. The van der Waals surface area contributed by atoms with Gasteiger partial charge in [0.05, 0.1) is 0 Å². The molecule has 15 heavy (non-hydrogen) atoms. The van der Waals surface area contributed by atoms with Crippen molar-refractivity contribution >= 4 is 19.8 Å². The monoisotopic (exact) mass is 242 g/mol. The Hall–Kier alpha value is -1.47. The van der Waals surface area contributed by atoms with Gasteiger partial charge in [0.1, 0.15) is 0 Å². The molecule has 5 N–H and O–H groups in total. The molecule has 0 rings (SSSR count). The Bertz CT molecular complexity index is 238. The fourth-order valence-corrected chi connectivity index (χ4v) is 0. The summed E-state index contributed by atoms with van der Waals surface area (Å²) in [6.45, 7) is 5.92. The van der Waals surface area contributed by atoms with E-state index in [1.165, 1.54) is 0 Å². The quantitative estimate of drug-likeness (QED) is 0.323. The number of carbonyl (C=O) groups is 2. The minimum atomic E-state index is -4.64. The Morgan fingerprint density at radius 2 is 1.00 bits per heavy atom. The first kappa shape index (κ1) is 19.2. The summed E-state index contributed by atoms with van der Waals surface area (Å²) in [6, 6.07) is 0. The molecule has 0 heterocycles. The summed E-state index contributed by atoms with van der Waals surface area (Å²) < 4.78 is 8.88. The van der Waals surface area contributed by atoms with Crippen LogP contribution < -0.4 is 0 Å². The molecule has 0 aliphatic rings. The highest BCUT2D eigenvalue weighted by molar-refractivity contribution is 7.45. The molecule has 0 aromatic carbocycles. The number of phosphoric acid groups is 1. The second kappa shape index (κ2) is 10.6. The number of hydrogen-bond donors (Lipinski definition) is 5. The van der Waals surface area contributed by atoms with Gasteiger partial charge < -0.3 is 24.9 Å². The summed E-state index contributed by atoms with van der Waals surface area (Å²) in [4.78, 5) is 40.1. The average molecular weight is 242 g/mol. The van der Waals surface area contributed by atoms with Crippen molar-refractivity contribution in [1.29, 1.82) is 0 Å². The van der Waals surface area contributed by atoms with E-state index in [0.29, 0.717) is 0 Å². The molecule has 0 amide bonds. The van der Waals surface area contributed by atoms with Crippen LogP contribution in [0, 0.1) is 0 Å². The number of carboxylic acid groups (broad SMARTS) is 2. The number of aliphatic carboxylic acids is 2. The molecule has 0 aromatic rings. The highest BCUT2D eigenvalue weighted by Gasteiger charge is 2.00. The Labute approximate surface area is 85.0 Å². The lowest BCUT2D eigenvalue weighted by atomic mass is 10.7. The Morgan fingerprint density at radius 1 is 0.933 bits per heavy atom. The molecule has 0 aliphatic heterocycles. The largest absolute Gasteiger partial charge is 0.478 e. The smallest absolute Gasteiger partial charge is 0.466 e. The van der Waals surface area contributed by atoms with Gasteiger partial charge in [-0.3, -0.25) is 0 Å². The minimum Gasteiger partial charge on any atom is -0.478 e. The SMILES string of the molecule is C=CC(=O)O.C=CC(=O)O.O=P(O)(O)O. The maximum atomic E-state index is 9.25. The lowest BCUT2D eigenvalue weighted by Gasteiger charge is -1.82. The van der Waals surface area contributed by atoms with Crippen LogP contribution in [0.4, 0.5) is 0 Å². The van der Waals surface area contributed by atoms with Crippen LogP contribution in [0.2, 0.25) is 0 Å². The van der Waals surface area contributed by atoms with Crippen molar-refractivity contribution in [2.24, 2.45) is 0 Å². The summed E-state index contributed by atoms with van der Waals surface area (Å²) in [5, 5.41) is 15.2. The van der Waals surface area contributed by atoms with E-state index in [2.05, 4.69) is 13.2 Å². The summed E-state index contributed by atoms with van der Waals surface area (Å²) >= 11 is 0. The molecule has 0 spiro atoms. The van der Waals surface area contributed by atoms with Crippen molar-refractivity contribution in [2.75, 3.05) is 0 Å². The normalized spacial score (nSPS) is 8.20. The third-order valence-corrected chi connectivity index (χ3v) is 0.349. The molecule has 0 unspecified atom stereocenters. The van der Waals surface area contributed by atoms with Gasteiger partial charge in [-0.1, -0.05) is 13.2 Å². The third kappa shape index (κ3) is 217. The zero-order valence-electron chi connectivity index (χ0n) is 7.48. The molecule has 0 saturated heterocycles. The van der Waals surface area contributed by atoms with Crippen LogP contribution in [0.15, 0.2) is 25.3 Å². The van der Waals surface area contributed by atoms with Gasteiger partial charge in [-0.15, -0.1) is 0 Å². The molecule has 9 heteroatoms. The van der Waals surface area contributed by atoms with E-state index in [4.69, 9.17) is 29.5 Å². The summed E-state index contributed by atoms with van der Waals surface area (Å²) in [5.74, 6) is -1.96. The van der Waals surface area contributed by atoms with Crippen LogP contribution in [0.5, 0.6) is 0 Å². The standard InChI is InChI=1S/2C3H4O2.H3O4P/c2*1-2-3(4)5;1-5(2,3)4/h2*2H,1H2,(H,4,5);(H3,1,2,3,4). The third-order valence-electron chi connectivity index (χ3n) is 0.349. The molecule has 0 aliphatic carbocycles.